The lowest BCUT2D eigenvalue weighted by Crippen LogP contribution is -2.45. The van der Waals surface area contributed by atoms with Crippen LogP contribution in [0.3, 0.4) is 0 Å². The van der Waals surface area contributed by atoms with Crippen molar-refractivity contribution in [3.05, 3.63) is 36.5 Å². The maximum atomic E-state index is 12.4. The van der Waals surface area contributed by atoms with E-state index in [1.165, 1.54) is 225 Å². The Morgan fingerprint density at radius 3 is 1.20 bits per heavy atom. The van der Waals surface area contributed by atoms with Crippen LogP contribution in [-0.4, -0.2) is 47.4 Å². The number of allylic oxidation sites excluding steroid dienone is 5. The van der Waals surface area contributed by atoms with Crippen LogP contribution < -0.4 is 5.32 Å². The minimum atomic E-state index is -0.841. The van der Waals surface area contributed by atoms with Gasteiger partial charge in [0.25, 0.3) is 0 Å². The van der Waals surface area contributed by atoms with Gasteiger partial charge in [0.15, 0.2) is 0 Å². The van der Waals surface area contributed by atoms with Gasteiger partial charge < -0.3 is 20.3 Å². The summed E-state index contributed by atoms with van der Waals surface area (Å²) in [6.07, 6.45) is 67.5. The zero-order valence-corrected chi connectivity index (χ0v) is 43.5. The Morgan fingerprint density at radius 2 is 0.769 bits per heavy atom. The van der Waals surface area contributed by atoms with Crippen LogP contribution in [0.15, 0.2) is 36.5 Å². The number of carbonyl (C=O) groups excluding carboxylic acids is 2. The summed E-state index contributed by atoms with van der Waals surface area (Å²) < 4.78 is 5.47. The molecule has 2 unspecified atom stereocenters. The van der Waals surface area contributed by atoms with E-state index in [4.69, 9.17) is 4.74 Å². The molecule has 6 nitrogen and oxygen atoms in total. The summed E-state index contributed by atoms with van der Waals surface area (Å²) in [4.78, 5) is 24.4. The zero-order valence-electron chi connectivity index (χ0n) is 43.5. The number of hydrogen-bond acceptors (Lipinski definition) is 5. The normalized spacial score (nSPS) is 12.9. The lowest BCUT2D eigenvalue weighted by atomic mass is 10.0. The predicted octanol–water partition coefficient (Wildman–Crippen LogP) is 17.6. The third kappa shape index (κ3) is 51.3. The average molecular weight is 915 g/mol. The first-order valence-electron chi connectivity index (χ1n) is 28.8. The van der Waals surface area contributed by atoms with Crippen molar-refractivity contribution < 1.29 is 24.5 Å². The van der Waals surface area contributed by atoms with E-state index in [1.807, 2.05) is 6.08 Å². The van der Waals surface area contributed by atoms with Crippen LogP contribution in [0, 0.1) is 0 Å². The molecule has 0 spiro atoms. The minimum Gasteiger partial charge on any atom is -0.466 e. The van der Waals surface area contributed by atoms with Gasteiger partial charge >= 0.3 is 5.97 Å². The molecule has 1 amide bonds. The Kier molecular flexibility index (Phi) is 53.1. The monoisotopic (exact) mass is 914 g/mol. The number of aliphatic hydroxyl groups excluding tert-OH is 2. The number of amides is 1. The van der Waals surface area contributed by atoms with Crippen LogP contribution in [0.2, 0.25) is 0 Å². The Morgan fingerprint density at radius 1 is 0.431 bits per heavy atom. The molecule has 0 heterocycles. The van der Waals surface area contributed by atoms with Gasteiger partial charge in [-0.25, -0.2) is 0 Å². The zero-order chi connectivity index (χ0) is 47.2. The second-order valence-electron chi connectivity index (χ2n) is 19.6. The fourth-order valence-electron chi connectivity index (χ4n) is 8.72. The Hall–Kier alpha value is -1.92. The van der Waals surface area contributed by atoms with Gasteiger partial charge in [-0.05, 0) is 64.2 Å². The lowest BCUT2D eigenvalue weighted by molar-refractivity contribution is -0.143. The highest BCUT2D eigenvalue weighted by molar-refractivity contribution is 5.76. The molecule has 6 heteroatoms. The first-order valence-corrected chi connectivity index (χ1v) is 28.8. The number of hydrogen-bond donors (Lipinski definition) is 3. The van der Waals surface area contributed by atoms with Crippen LogP contribution in [0.4, 0.5) is 0 Å². The van der Waals surface area contributed by atoms with Crippen molar-refractivity contribution in [2.75, 3.05) is 13.2 Å². The Bertz CT molecular complexity index is 1060. The van der Waals surface area contributed by atoms with Crippen molar-refractivity contribution in [2.45, 2.75) is 315 Å². The smallest absolute Gasteiger partial charge is 0.305 e. The van der Waals surface area contributed by atoms with Crippen LogP contribution in [0.1, 0.15) is 303 Å². The lowest BCUT2D eigenvalue weighted by Gasteiger charge is -2.20. The highest BCUT2D eigenvalue weighted by Gasteiger charge is 2.18. The maximum Gasteiger partial charge on any atom is 0.305 e. The van der Waals surface area contributed by atoms with Crippen LogP contribution in [0.5, 0.6) is 0 Å². The van der Waals surface area contributed by atoms with E-state index in [0.717, 1.165) is 51.4 Å². The maximum absolute atomic E-state index is 12.4. The van der Waals surface area contributed by atoms with Crippen LogP contribution >= 0.6 is 0 Å². The van der Waals surface area contributed by atoms with E-state index in [-0.39, 0.29) is 18.5 Å². The molecule has 0 aliphatic rings. The summed E-state index contributed by atoms with van der Waals surface area (Å²) in [6.45, 7) is 4.85. The molecule has 3 N–H and O–H groups in total. The largest absolute Gasteiger partial charge is 0.466 e. The van der Waals surface area contributed by atoms with Crippen molar-refractivity contribution in [3.63, 3.8) is 0 Å². The summed E-state index contributed by atoms with van der Waals surface area (Å²) in [5.74, 6) is -0.0692. The number of carbonyl (C=O) groups is 2. The molecule has 0 aromatic carbocycles. The summed E-state index contributed by atoms with van der Waals surface area (Å²) in [6, 6.07) is -0.625. The van der Waals surface area contributed by atoms with Gasteiger partial charge in [-0.15, -0.1) is 0 Å². The van der Waals surface area contributed by atoms with E-state index in [1.54, 1.807) is 6.08 Å². The third-order valence-electron chi connectivity index (χ3n) is 13.2. The second kappa shape index (κ2) is 54.7. The number of nitrogens with one attached hydrogen (secondary N) is 1. The Balaban J connectivity index is 3.36. The van der Waals surface area contributed by atoms with Crippen LogP contribution in [0.25, 0.3) is 0 Å². The summed E-state index contributed by atoms with van der Waals surface area (Å²) in [5, 5.41) is 22.9. The molecule has 0 aliphatic heterocycles. The quantitative estimate of drug-likeness (QED) is 0.0321. The number of rotatable bonds is 53. The van der Waals surface area contributed by atoms with Gasteiger partial charge in [0.1, 0.15) is 0 Å². The molecule has 2 atom stereocenters. The van der Waals surface area contributed by atoms with Gasteiger partial charge in [0.2, 0.25) is 5.91 Å². The van der Waals surface area contributed by atoms with Crippen molar-refractivity contribution in [1.82, 2.24) is 5.32 Å². The number of esters is 1. The fraction of sp³-hybridized carbons (Fsp3) is 0.864. The van der Waals surface area contributed by atoms with Gasteiger partial charge in [0, 0.05) is 12.8 Å². The standard InChI is InChI=1S/C59H111NO5/c1-3-5-7-9-11-13-14-15-26-30-33-37-41-45-49-53-59(64)65-54-50-46-42-38-34-31-28-25-23-21-19-17-16-18-20-22-24-27-29-32-36-40-44-48-52-58(63)60-56(55-61)57(62)51-47-43-39-35-12-10-8-6-4-2/h11,13,15,26,47,51,56-57,61-62H,3-10,12,14,16-25,27-46,48-50,52-55H2,1-2H3,(H,60,63)/b13-11-,26-15-,51-47+. The van der Waals surface area contributed by atoms with Crippen molar-refractivity contribution >= 4 is 11.9 Å². The van der Waals surface area contributed by atoms with Gasteiger partial charge in [-0.3, -0.25) is 9.59 Å². The molecule has 0 radical (unpaired) electrons. The SMILES string of the molecule is CCCCC/C=C\C/C=C\CCCCCCCC(=O)OCCCCCCCCCCCCCCCCCCCCCCCCCCC(=O)NC(CO)C(O)/C=C/CCCCCCCCC. The summed E-state index contributed by atoms with van der Waals surface area (Å²) in [7, 11) is 0. The van der Waals surface area contributed by atoms with Crippen molar-refractivity contribution in [1.29, 1.82) is 0 Å². The molecule has 0 bridgehead atoms. The van der Waals surface area contributed by atoms with E-state index >= 15 is 0 Å². The molecule has 0 aromatic rings. The molecule has 65 heavy (non-hydrogen) atoms. The highest BCUT2D eigenvalue weighted by atomic mass is 16.5. The van der Waals surface area contributed by atoms with Crippen molar-refractivity contribution in [3.8, 4) is 0 Å². The minimum absolute atomic E-state index is 0.000470. The topological polar surface area (TPSA) is 95.9 Å². The number of aliphatic hydroxyl groups is 2. The van der Waals surface area contributed by atoms with E-state index in [2.05, 4.69) is 43.5 Å². The molecule has 0 saturated heterocycles. The number of unbranched alkanes of at least 4 members (excludes halogenated alkanes) is 38. The Labute approximate surface area is 404 Å². The average Bonchev–Trinajstić information content (AvgIpc) is 3.31. The van der Waals surface area contributed by atoms with Gasteiger partial charge in [-0.2, -0.15) is 0 Å². The second-order valence-corrected chi connectivity index (χ2v) is 19.6. The molecular weight excluding hydrogens is 803 g/mol. The molecule has 0 fully saturated rings. The highest BCUT2D eigenvalue weighted by Crippen LogP contribution is 2.17. The number of ether oxygens (including phenoxy) is 1. The summed E-state index contributed by atoms with van der Waals surface area (Å²) >= 11 is 0. The van der Waals surface area contributed by atoms with Gasteiger partial charge in [0.05, 0.1) is 25.4 Å². The molecule has 0 saturated carbocycles. The van der Waals surface area contributed by atoms with Gasteiger partial charge in [-0.1, -0.05) is 262 Å². The summed E-state index contributed by atoms with van der Waals surface area (Å²) in [5.41, 5.74) is 0. The van der Waals surface area contributed by atoms with E-state index < -0.39 is 12.1 Å². The fourth-order valence-corrected chi connectivity index (χ4v) is 8.72. The first-order chi connectivity index (χ1) is 32.0. The molecular formula is C59H111NO5. The van der Waals surface area contributed by atoms with E-state index in [9.17, 15) is 19.8 Å². The molecule has 0 rings (SSSR count). The van der Waals surface area contributed by atoms with E-state index in [0.29, 0.717) is 19.4 Å². The third-order valence-corrected chi connectivity index (χ3v) is 13.2. The molecule has 0 aromatic heterocycles. The van der Waals surface area contributed by atoms with Crippen LogP contribution in [-0.2, 0) is 14.3 Å². The molecule has 0 aliphatic carbocycles. The first kappa shape index (κ1) is 63.1. The molecule has 382 valence electrons. The predicted molar refractivity (Wildman–Crippen MR) is 283 cm³/mol. The van der Waals surface area contributed by atoms with Crippen molar-refractivity contribution in [2.24, 2.45) is 0 Å².